The van der Waals surface area contributed by atoms with E-state index in [-0.39, 0.29) is 11.3 Å². The molecule has 4 heterocycles. The lowest BCUT2D eigenvalue weighted by molar-refractivity contribution is -0.149. The van der Waals surface area contributed by atoms with Crippen LogP contribution in [0.15, 0.2) is 48.1 Å². The van der Waals surface area contributed by atoms with Crippen LogP contribution in [0.25, 0.3) is 21.6 Å². The van der Waals surface area contributed by atoms with Gasteiger partial charge in [-0.15, -0.1) is 11.3 Å². The zero-order valence-electron chi connectivity index (χ0n) is 20.9. The Labute approximate surface area is 228 Å². The van der Waals surface area contributed by atoms with Crippen molar-refractivity contribution < 1.29 is 13.2 Å². The Kier molecular flexibility index (Phi) is 7.18. The Morgan fingerprint density at radius 1 is 1.00 bits per heavy atom. The van der Waals surface area contributed by atoms with E-state index < -0.39 is 12.7 Å². The third-order valence-corrected chi connectivity index (χ3v) is 9.20. The van der Waals surface area contributed by atoms with Crippen LogP contribution in [0.4, 0.5) is 13.2 Å². The van der Waals surface area contributed by atoms with E-state index in [2.05, 4.69) is 38.2 Å². The Hall–Kier alpha value is -2.49. The van der Waals surface area contributed by atoms with Gasteiger partial charge in [0.2, 0.25) is 5.28 Å². The lowest BCUT2D eigenvalue weighted by Gasteiger charge is -2.35. The predicted octanol–water partition coefficient (Wildman–Crippen LogP) is 7.41. The number of benzene rings is 1. The van der Waals surface area contributed by atoms with Gasteiger partial charge < -0.3 is 4.57 Å². The number of thiazole rings is 1. The number of rotatable bonds is 6. The second kappa shape index (κ2) is 10.6. The number of alkyl halides is 3. The van der Waals surface area contributed by atoms with Gasteiger partial charge in [0, 0.05) is 41.2 Å². The van der Waals surface area contributed by atoms with Gasteiger partial charge in [0.25, 0.3) is 0 Å². The van der Waals surface area contributed by atoms with Crippen LogP contribution in [0, 0.1) is 11.8 Å². The van der Waals surface area contributed by atoms with Crippen LogP contribution in [0.2, 0.25) is 5.28 Å². The molecule has 3 aromatic heterocycles. The summed E-state index contributed by atoms with van der Waals surface area (Å²) in [5.74, 6) is 0.993. The van der Waals surface area contributed by atoms with Gasteiger partial charge in [-0.3, -0.25) is 4.90 Å². The zero-order valence-corrected chi connectivity index (χ0v) is 22.4. The number of likely N-dealkylation sites (tertiary alicyclic amines) is 1. The van der Waals surface area contributed by atoms with Gasteiger partial charge in [-0.2, -0.15) is 18.2 Å². The van der Waals surface area contributed by atoms with Crippen molar-refractivity contribution in [2.24, 2.45) is 11.8 Å². The molecule has 0 amide bonds. The van der Waals surface area contributed by atoms with Gasteiger partial charge in [0.05, 0.1) is 12.2 Å². The van der Waals surface area contributed by atoms with Gasteiger partial charge in [-0.1, -0.05) is 30.3 Å². The molecular formula is C28H29ClF3N5S. The summed E-state index contributed by atoms with van der Waals surface area (Å²) in [7, 11) is 0. The molecule has 5 nitrogen and oxygen atoms in total. The first-order valence-electron chi connectivity index (χ1n) is 13.1. The summed E-state index contributed by atoms with van der Waals surface area (Å²) in [6.07, 6.45) is 5.39. The molecule has 0 bridgehead atoms. The number of aromatic nitrogens is 4. The average molecular weight is 560 g/mol. The summed E-state index contributed by atoms with van der Waals surface area (Å²) in [6.45, 7) is 0.260. The van der Waals surface area contributed by atoms with E-state index in [4.69, 9.17) is 16.6 Å². The Balaban J connectivity index is 1.20. The molecule has 1 aliphatic carbocycles. The maximum atomic E-state index is 12.8. The molecule has 1 aromatic carbocycles. The van der Waals surface area contributed by atoms with Crippen molar-refractivity contribution in [3.63, 3.8) is 0 Å². The zero-order chi connectivity index (χ0) is 26.3. The highest BCUT2D eigenvalue weighted by atomic mass is 35.5. The number of halogens is 4. The highest BCUT2D eigenvalue weighted by molar-refractivity contribution is 7.13. The van der Waals surface area contributed by atoms with Crippen LogP contribution in [0.1, 0.15) is 49.4 Å². The first kappa shape index (κ1) is 25.8. The number of hydrogen-bond donors (Lipinski definition) is 0. The second-order valence-electron chi connectivity index (χ2n) is 10.6. The second-order valence-corrected chi connectivity index (χ2v) is 11.8. The minimum atomic E-state index is -4.12. The van der Waals surface area contributed by atoms with Gasteiger partial charge in [-0.25, -0.2) is 9.97 Å². The third-order valence-electron chi connectivity index (χ3n) is 8.09. The Bertz CT molecular complexity index is 1390. The molecule has 1 saturated heterocycles. The van der Waals surface area contributed by atoms with Gasteiger partial charge >= 0.3 is 6.18 Å². The largest absolute Gasteiger partial charge is 0.401 e. The summed E-state index contributed by atoms with van der Waals surface area (Å²) in [4.78, 5) is 15.4. The van der Waals surface area contributed by atoms with Crippen LogP contribution in [0.3, 0.4) is 0 Å². The van der Waals surface area contributed by atoms with Gasteiger partial charge in [0.1, 0.15) is 10.7 Å². The third kappa shape index (κ3) is 5.60. The highest BCUT2D eigenvalue weighted by Gasteiger charge is 2.37. The molecule has 0 N–H and O–H groups in total. The molecule has 10 heteroatoms. The molecule has 200 valence electrons. The monoisotopic (exact) mass is 559 g/mol. The number of hydrogen-bond acceptors (Lipinski definition) is 5. The molecule has 1 aliphatic heterocycles. The maximum absolute atomic E-state index is 12.8. The molecule has 0 radical (unpaired) electrons. The first-order chi connectivity index (χ1) is 18.3. The number of nitrogens with zero attached hydrogens (tertiary/aromatic N) is 5. The average Bonchev–Trinajstić information content (AvgIpc) is 3.63. The fourth-order valence-corrected chi connectivity index (χ4v) is 7.25. The van der Waals surface area contributed by atoms with Crippen LogP contribution < -0.4 is 0 Å². The van der Waals surface area contributed by atoms with E-state index in [1.54, 1.807) is 22.4 Å². The van der Waals surface area contributed by atoms with Crippen LogP contribution >= 0.6 is 22.9 Å². The minimum Gasteiger partial charge on any atom is -0.329 e. The number of piperidine rings is 1. The SMILES string of the molecule is FC(F)(F)CN1CCC(C2CCC(n3cc(-c4nc(Cc5ccccc5)cs4)c4cnc(Cl)nc43)C2)CC1. The molecule has 2 atom stereocenters. The fraction of sp³-hybridized carbons (Fsp3) is 0.464. The lowest BCUT2D eigenvalue weighted by Crippen LogP contribution is -2.41. The van der Waals surface area contributed by atoms with E-state index in [9.17, 15) is 13.2 Å². The van der Waals surface area contributed by atoms with Crippen molar-refractivity contribution >= 4 is 34.0 Å². The van der Waals surface area contributed by atoms with Crippen LogP contribution in [-0.2, 0) is 6.42 Å². The summed E-state index contributed by atoms with van der Waals surface area (Å²) in [5, 5.41) is 4.22. The molecule has 6 rings (SSSR count). The molecule has 2 unspecified atom stereocenters. The maximum Gasteiger partial charge on any atom is 0.401 e. The Morgan fingerprint density at radius 3 is 2.55 bits per heavy atom. The molecule has 0 spiro atoms. The quantitative estimate of drug-likeness (QED) is 0.231. The van der Waals surface area contributed by atoms with Crippen molar-refractivity contribution in [3.05, 3.63) is 64.6 Å². The lowest BCUT2D eigenvalue weighted by atomic mass is 9.83. The molecule has 2 aliphatic rings. The van der Waals surface area contributed by atoms with Gasteiger partial charge in [0.15, 0.2) is 0 Å². The van der Waals surface area contributed by atoms with E-state index in [0.717, 1.165) is 65.8 Å². The molecule has 38 heavy (non-hydrogen) atoms. The molecule has 1 saturated carbocycles. The van der Waals surface area contributed by atoms with E-state index in [0.29, 0.717) is 24.9 Å². The van der Waals surface area contributed by atoms with Gasteiger partial charge in [-0.05, 0) is 74.2 Å². The van der Waals surface area contributed by atoms with Crippen LogP contribution in [0.5, 0.6) is 0 Å². The van der Waals surface area contributed by atoms with E-state index in [1.807, 2.05) is 18.2 Å². The first-order valence-corrected chi connectivity index (χ1v) is 14.4. The topological polar surface area (TPSA) is 46.8 Å². The number of fused-ring (bicyclic) bond motifs is 1. The standard InChI is InChI=1S/C28H29ClF3N5S/c29-27-33-14-23-24(26-34-21(16-38-26)12-18-4-2-1-3-5-18)15-37(25(23)35-27)22-7-6-20(13-22)19-8-10-36(11-9-19)17-28(30,31)32/h1-5,14-16,19-20,22H,6-13,17H2. The molecule has 2 fully saturated rings. The fourth-order valence-electron chi connectivity index (χ4n) is 6.28. The van der Waals surface area contributed by atoms with E-state index >= 15 is 0 Å². The van der Waals surface area contributed by atoms with Crippen molar-refractivity contribution in [1.29, 1.82) is 0 Å². The normalized spacial score (nSPS) is 21.5. The molecule has 4 aromatic rings. The highest BCUT2D eigenvalue weighted by Crippen LogP contribution is 2.45. The minimum absolute atomic E-state index is 0.221. The van der Waals surface area contributed by atoms with Crippen molar-refractivity contribution in [2.45, 2.75) is 50.7 Å². The van der Waals surface area contributed by atoms with Crippen molar-refractivity contribution in [1.82, 2.24) is 24.4 Å². The summed E-state index contributed by atoms with van der Waals surface area (Å²) in [6, 6.07) is 10.6. The Morgan fingerprint density at radius 2 is 1.79 bits per heavy atom. The summed E-state index contributed by atoms with van der Waals surface area (Å²) >= 11 is 7.85. The molecular weight excluding hydrogens is 531 g/mol. The van der Waals surface area contributed by atoms with Crippen molar-refractivity contribution in [3.8, 4) is 10.6 Å². The summed E-state index contributed by atoms with van der Waals surface area (Å²) < 4.78 is 40.6. The van der Waals surface area contributed by atoms with Crippen molar-refractivity contribution in [2.75, 3.05) is 19.6 Å². The van der Waals surface area contributed by atoms with E-state index in [1.165, 1.54) is 5.56 Å². The smallest absolute Gasteiger partial charge is 0.329 e. The predicted molar refractivity (Wildman–Crippen MR) is 144 cm³/mol. The summed E-state index contributed by atoms with van der Waals surface area (Å²) in [5.41, 5.74) is 4.10. The van der Waals surface area contributed by atoms with Crippen LogP contribution in [-0.4, -0.2) is 50.2 Å².